The van der Waals surface area contributed by atoms with Gasteiger partial charge in [-0.3, -0.25) is 4.79 Å². The topological polar surface area (TPSA) is 63.5 Å². The maximum absolute atomic E-state index is 12.9. The number of ether oxygens (including phenoxy) is 1. The third kappa shape index (κ3) is 6.15. The Morgan fingerprint density at radius 3 is 2.61 bits per heavy atom. The van der Waals surface area contributed by atoms with Crippen molar-refractivity contribution in [1.82, 2.24) is 9.88 Å². The Bertz CT molecular complexity index is 1080. The van der Waals surface area contributed by atoms with E-state index in [2.05, 4.69) is 10.1 Å². The first-order valence-electron chi connectivity index (χ1n) is 9.64. The summed E-state index contributed by atoms with van der Waals surface area (Å²) in [6.45, 7) is 3.57. The molecule has 2 atom stereocenters. The molecule has 0 aliphatic heterocycles. The molecule has 9 heteroatoms. The van der Waals surface area contributed by atoms with Gasteiger partial charge in [0.05, 0.1) is 6.10 Å². The molecule has 1 amide bonds. The minimum atomic E-state index is -4.79. The molecule has 0 aliphatic rings. The van der Waals surface area contributed by atoms with E-state index in [0.717, 1.165) is 5.39 Å². The molecule has 0 radical (unpaired) electrons. The van der Waals surface area contributed by atoms with Crippen molar-refractivity contribution < 1.29 is 27.8 Å². The van der Waals surface area contributed by atoms with Crippen LogP contribution in [0, 0.1) is 0 Å². The van der Waals surface area contributed by atoms with Gasteiger partial charge in [-0.05, 0) is 62.2 Å². The second-order valence-corrected chi connectivity index (χ2v) is 7.91. The van der Waals surface area contributed by atoms with Gasteiger partial charge in [-0.15, -0.1) is 13.2 Å². The van der Waals surface area contributed by atoms with Crippen LogP contribution in [0.25, 0.3) is 10.9 Å². The summed E-state index contributed by atoms with van der Waals surface area (Å²) in [4.78, 5) is 12.9. The smallest absolute Gasteiger partial charge is 0.406 e. The van der Waals surface area contributed by atoms with Crippen LogP contribution in [0.15, 0.2) is 48.5 Å². The first-order chi connectivity index (χ1) is 14.5. The van der Waals surface area contributed by atoms with Gasteiger partial charge in [0.25, 0.3) is 5.91 Å². The zero-order valence-electron chi connectivity index (χ0n) is 16.9. The standard InChI is InChI=1S/C22H22ClF3N2O3/c1-13(8-14(2)29)27-21(30)20-11-16-10-17(23)6-7-19(16)28(20)12-15-4-3-5-18(9-15)31-22(24,25)26/h3-7,9-11,13-14,29H,8,12H2,1-2H3,(H,27,30). The number of aliphatic hydroxyl groups is 1. The second-order valence-electron chi connectivity index (χ2n) is 7.47. The second kappa shape index (κ2) is 9.20. The van der Waals surface area contributed by atoms with Crippen LogP contribution in [-0.4, -0.2) is 34.1 Å². The molecule has 2 unspecified atom stereocenters. The van der Waals surface area contributed by atoms with E-state index in [1.807, 2.05) is 0 Å². The summed E-state index contributed by atoms with van der Waals surface area (Å²) in [6.07, 6.45) is -4.98. The van der Waals surface area contributed by atoms with Crippen molar-refractivity contribution in [2.75, 3.05) is 0 Å². The summed E-state index contributed by atoms with van der Waals surface area (Å²) in [7, 11) is 0. The Labute approximate surface area is 182 Å². The summed E-state index contributed by atoms with van der Waals surface area (Å²) < 4.78 is 43.4. The molecular weight excluding hydrogens is 433 g/mol. The number of alkyl halides is 3. The van der Waals surface area contributed by atoms with Gasteiger partial charge in [-0.1, -0.05) is 23.7 Å². The maximum Gasteiger partial charge on any atom is 0.573 e. The van der Waals surface area contributed by atoms with Crippen LogP contribution < -0.4 is 10.1 Å². The number of hydrogen-bond acceptors (Lipinski definition) is 3. The molecule has 3 aromatic rings. The first-order valence-corrected chi connectivity index (χ1v) is 10.0. The Balaban J connectivity index is 1.96. The van der Waals surface area contributed by atoms with Crippen LogP contribution in [0.5, 0.6) is 5.75 Å². The molecule has 3 rings (SSSR count). The number of amides is 1. The molecular formula is C22H22ClF3N2O3. The molecule has 0 bridgehead atoms. The molecule has 1 heterocycles. The van der Waals surface area contributed by atoms with Crippen molar-refractivity contribution in [2.45, 2.75) is 45.3 Å². The summed E-state index contributed by atoms with van der Waals surface area (Å²) in [5.41, 5.74) is 1.57. The summed E-state index contributed by atoms with van der Waals surface area (Å²) in [6, 6.07) is 12.2. The minimum Gasteiger partial charge on any atom is -0.406 e. The fourth-order valence-electron chi connectivity index (χ4n) is 3.49. The Hall–Kier alpha value is -2.71. The predicted molar refractivity (Wildman–Crippen MR) is 112 cm³/mol. The number of carbonyl (C=O) groups is 1. The first kappa shape index (κ1) is 23.0. The lowest BCUT2D eigenvalue weighted by Gasteiger charge is -2.17. The number of fused-ring (bicyclic) bond motifs is 1. The van der Waals surface area contributed by atoms with Gasteiger partial charge in [0.15, 0.2) is 0 Å². The molecule has 31 heavy (non-hydrogen) atoms. The SMILES string of the molecule is CC(O)CC(C)NC(=O)c1cc2cc(Cl)ccc2n1Cc1cccc(OC(F)(F)F)c1. The third-order valence-electron chi connectivity index (χ3n) is 4.64. The lowest BCUT2D eigenvalue weighted by atomic mass is 10.1. The molecule has 2 aromatic carbocycles. The van der Waals surface area contributed by atoms with Crippen LogP contribution in [0.2, 0.25) is 5.02 Å². The molecule has 2 N–H and O–H groups in total. The van der Waals surface area contributed by atoms with E-state index in [0.29, 0.717) is 28.2 Å². The van der Waals surface area contributed by atoms with E-state index >= 15 is 0 Å². The normalized spacial score (nSPS) is 13.8. The average Bonchev–Trinajstić information content (AvgIpc) is 2.97. The number of hydrogen-bond donors (Lipinski definition) is 2. The molecule has 0 aliphatic carbocycles. The Kier molecular flexibility index (Phi) is 6.81. The highest BCUT2D eigenvalue weighted by atomic mass is 35.5. The van der Waals surface area contributed by atoms with Crippen molar-refractivity contribution in [3.05, 3.63) is 64.8 Å². The average molecular weight is 455 g/mol. The minimum absolute atomic E-state index is 0.147. The molecule has 0 spiro atoms. The van der Waals surface area contributed by atoms with Crippen LogP contribution in [0.3, 0.4) is 0 Å². The maximum atomic E-state index is 12.9. The van der Waals surface area contributed by atoms with Gasteiger partial charge in [-0.25, -0.2) is 0 Å². The number of rotatable bonds is 7. The van der Waals surface area contributed by atoms with E-state index in [1.165, 1.54) is 18.2 Å². The molecule has 0 saturated carbocycles. The van der Waals surface area contributed by atoms with Gasteiger partial charge >= 0.3 is 6.36 Å². The Morgan fingerprint density at radius 1 is 1.19 bits per heavy atom. The van der Waals surface area contributed by atoms with Gasteiger partial charge < -0.3 is 19.7 Å². The fourth-order valence-corrected chi connectivity index (χ4v) is 3.67. The number of nitrogens with one attached hydrogen (secondary N) is 1. The van der Waals surface area contributed by atoms with Crippen molar-refractivity contribution in [3.63, 3.8) is 0 Å². The number of benzene rings is 2. The van der Waals surface area contributed by atoms with Gasteiger partial charge in [0.1, 0.15) is 11.4 Å². The van der Waals surface area contributed by atoms with E-state index < -0.39 is 12.5 Å². The van der Waals surface area contributed by atoms with E-state index in [9.17, 15) is 23.1 Å². The number of aromatic nitrogens is 1. The molecule has 0 fully saturated rings. The third-order valence-corrected chi connectivity index (χ3v) is 4.88. The lowest BCUT2D eigenvalue weighted by Crippen LogP contribution is -2.35. The quantitative estimate of drug-likeness (QED) is 0.520. The van der Waals surface area contributed by atoms with Crippen molar-refractivity contribution in [3.8, 4) is 5.75 Å². The van der Waals surface area contributed by atoms with Crippen LogP contribution >= 0.6 is 11.6 Å². The van der Waals surface area contributed by atoms with Crippen molar-refractivity contribution in [1.29, 1.82) is 0 Å². The zero-order chi connectivity index (χ0) is 22.8. The lowest BCUT2D eigenvalue weighted by molar-refractivity contribution is -0.274. The van der Waals surface area contributed by atoms with E-state index in [-0.39, 0.29) is 24.2 Å². The number of halogens is 4. The monoisotopic (exact) mass is 454 g/mol. The largest absolute Gasteiger partial charge is 0.573 e. The number of aliphatic hydroxyl groups excluding tert-OH is 1. The zero-order valence-corrected chi connectivity index (χ0v) is 17.7. The fraction of sp³-hybridized carbons (Fsp3) is 0.318. The highest BCUT2D eigenvalue weighted by molar-refractivity contribution is 6.31. The van der Waals surface area contributed by atoms with Gasteiger partial charge in [-0.2, -0.15) is 0 Å². The summed E-state index contributed by atoms with van der Waals surface area (Å²) in [5, 5.41) is 13.6. The van der Waals surface area contributed by atoms with Crippen LogP contribution in [-0.2, 0) is 6.54 Å². The molecule has 0 saturated heterocycles. The van der Waals surface area contributed by atoms with Gasteiger partial charge in [0, 0.05) is 28.5 Å². The van der Waals surface area contributed by atoms with Crippen molar-refractivity contribution in [2.24, 2.45) is 0 Å². The molecule has 166 valence electrons. The molecule has 5 nitrogen and oxygen atoms in total. The van der Waals surface area contributed by atoms with E-state index in [4.69, 9.17) is 11.6 Å². The predicted octanol–water partition coefficient (Wildman–Crippen LogP) is 5.13. The van der Waals surface area contributed by atoms with Crippen LogP contribution in [0.1, 0.15) is 36.3 Å². The molecule has 1 aromatic heterocycles. The van der Waals surface area contributed by atoms with Crippen LogP contribution in [0.4, 0.5) is 13.2 Å². The number of nitrogens with zero attached hydrogens (tertiary/aromatic N) is 1. The highest BCUT2D eigenvalue weighted by Crippen LogP contribution is 2.27. The highest BCUT2D eigenvalue weighted by Gasteiger charge is 2.31. The van der Waals surface area contributed by atoms with Crippen molar-refractivity contribution >= 4 is 28.4 Å². The van der Waals surface area contributed by atoms with E-state index in [1.54, 1.807) is 48.7 Å². The Morgan fingerprint density at radius 2 is 1.94 bits per heavy atom. The number of carbonyl (C=O) groups excluding carboxylic acids is 1. The summed E-state index contributed by atoms with van der Waals surface area (Å²) in [5.74, 6) is -0.691. The summed E-state index contributed by atoms with van der Waals surface area (Å²) >= 11 is 6.08. The van der Waals surface area contributed by atoms with Gasteiger partial charge in [0.2, 0.25) is 0 Å².